The van der Waals surface area contributed by atoms with Gasteiger partial charge in [0.2, 0.25) is 0 Å². The number of ether oxygens (including phenoxy) is 1. The standard InChI is InChI=1S/C11H11FN2O/c1-8-7-13-11(14(8)2)15-10-6-4-3-5-9(10)12/h3-7H,1-2H3. The summed E-state index contributed by atoms with van der Waals surface area (Å²) in [5.41, 5.74) is 0.960. The Morgan fingerprint density at radius 1 is 1.33 bits per heavy atom. The molecule has 0 spiro atoms. The molecule has 4 heteroatoms. The number of para-hydroxylation sites is 1. The van der Waals surface area contributed by atoms with Crippen molar-refractivity contribution in [2.24, 2.45) is 7.05 Å². The van der Waals surface area contributed by atoms with Crippen LogP contribution in [-0.2, 0) is 7.05 Å². The van der Waals surface area contributed by atoms with E-state index in [0.717, 1.165) is 5.69 Å². The highest BCUT2D eigenvalue weighted by Gasteiger charge is 2.08. The number of benzene rings is 1. The van der Waals surface area contributed by atoms with Gasteiger partial charge >= 0.3 is 6.01 Å². The first-order chi connectivity index (χ1) is 7.18. The number of nitrogens with zero attached hydrogens (tertiary/aromatic N) is 2. The number of rotatable bonds is 2. The molecule has 15 heavy (non-hydrogen) atoms. The maximum Gasteiger partial charge on any atom is 0.301 e. The molecule has 0 N–H and O–H groups in total. The first-order valence-corrected chi connectivity index (χ1v) is 4.59. The van der Waals surface area contributed by atoms with Crippen molar-refractivity contribution in [3.63, 3.8) is 0 Å². The van der Waals surface area contributed by atoms with Crippen molar-refractivity contribution < 1.29 is 9.13 Å². The van der Waals surface area contributed by atoms with E-state index in [-0.39, 0.29) is 5.75 Å². The molecular formula is C11H11FN2O. The van der Waals surface area contributed by atoms with E-state index in [1.165, 1.54) is 6.07 Å². The first-order valence-electron chi connectivity index (χ1n) is 4.59. The third-order valence-corrected chi connectivity index (χ3v) is 2.22. The molecule has 0 aliphatic rings. The summed E-state index contributed by atoms with van der Waals surface area (Å²) in [6.07, 6.45) is 1.68. The number of aromatic nitrogens is 2. The monoisotopic (exact) mass is 206 g/mol. The fourth-order valence-corrected chi connectivity index (χ4v) is 1.19. The molecule has 78 valence electrons. The van der Waals surface area contributed by atoms with Crippen molar-refractivity contribution in [3.8, 4) is 11.8 Å². The van der Waals surface area contributed by atoms with Crippen LogP contribution in [0.5, 0.6) is 11.8 Å². The zero-order valence-electron chi connectivity index (χ0n) is 8.57. The van der Waals surface area contributed by atoms with Crippen molar-refractivity contribution in [2.75, 3.05) is 0 Å². The minimum atomic E-state index is -0.391. The minimum Gasteiger partial charge on any atom is -0.422 e. The number of aryl methyl sites for hydroxylation is 1. The van der Waals surface area contributed by atoms with Gasteiger partial charge in [-0.3, -0.25) is 0 Å². The maximum atomic E-state index is 13.3. The van der Waals surface area contributed by atoms with E-state index in [4.69, 9.17) is 4.74 Å². The van der Waals surface area contributed by atoms with Gasteiger partial charge in [-0.15, -0.1) is 0 Å². The van der Waals surface area contributed by atoms with Gasteiger partial charge in [0.15, 0.2) is 11.6 Å². The molecular weight excluding hydrogens is 195 g/mol. The average molecular weight is 206 g/mol. The van der Waals surface area contributed by atoms with Crippen LogP contribution in [-0.4, -0.2) is 9.55 Å². The highest BCUT2D eigenvalue weighted by atomic mass is 19.1. The molecule has 0 atom stereocenters. The summed E-state index contributed by atoms with van der Waals surface area (Å²) in [4.78, 5) is 4.03. The van der Waals surface area contributed by atoms with E-state index in [2.05, 4.69) is 4.98 Å². The zero-order valence-corrected chi connectivity index (χ0v) is 8.57. The highest BCUT2D eigenvalue weighted by Crippen LogP contribution is 2.22. The predicted octanol–water partition coefficient (Wildman–Crippen LogP) is 2.66. The lowest BCUT2D eigenvalue weighted by atomic mass is 10.3. The van der Waals surface area contributed by atoms with Crippen LogP contribution in [0.3, 0.4) is 0 Å². The summed E-state index contributed by atoms with van der Waals surface area (Å²) in [6, 6.07) is 6.64. The van der Waals surface area contributed by atoms with E-state index in [9.17, 15) is 4.39 Å². The first kappa shape index (κ1) is 9.71. The van der Waals surface area contributed by atoms with Crippen molar-refractivity contribution in [1.82, 2.24) is 9.55 Å². The summed E-state index contributed by atoms with van der Waals surface area (Å²) in [5.74, 6) is -0.204. The molecule has 0 aliphatic heterocycles. The number of halogens is 1. The molecule has 0 radical (unpaired) electrons. The fraction of sp³-hybridized carbons (Fsp3) is 0.182. The Labute approximate surface area is 87.1 Å². The van der Waals surface area contributed by atoms with Gasteiger partial charge in [-0.25, -0.2) is 9.37 Å². The van der Waals surface area contributed by atoms with Gasteiger partial charge < -0.3 is 9.30 Å². The molecule has 0 fully saturated rings. The van der Waals surface area contributed by atoms with Crippen LogP contribution in [0, 0.1) is 12.7 Å². The second-order valence-electron chi connectivity index (χ2n) is 3.27. The minimum absolute atomic E-state index is 0.186. The molecule has 1 aromatic carbocycles. The van der Waals surface area contributed by atoms with E-state index in [1.807, 2.05) is 14.0 Å². The van der Waals surface area contributed by atoms with Crippen molar-refractivity contribution in [1.29, 1.82) is 0 Å². The van der Waals surface area contributed by atoms with Crippen LogP contribution in [0.2, 0.25) is 0 Å². The molecule has 0 saturated carbocycles. The number of imidazole rings is 1. The molecule has 0 amide bonds. The summed E-state index contributed by atoms with van der Waals surface area (Å²) in [5, 5.41) is 0. The predicted molar refractivity (Wildman–Crippen MR) is 54.4 cm³/mol. The van der Waals surface area contributed by atoms with Crippen LogP contribution in [0.4, 0.5) is 4.39 Å². The van der Waals surface area contributed by atoms with E-state index >= 15 is 0 Å². The largest absolute Gasteiger partial charge is 0.422 e. The van der Waals surface area contributed by atoms with E-state index < -0.39 is 5.82 Å². The third kappa shape index (κ3) is 1.83. The van der Waals surface area contributed by atoms with Crippen LogP contribution in [0.25, 0.3) is 0 Å². The lowest BCUT2D eigenvalue weighted by Crippen LogP contribution is -1.97. The van der Waals surface area contributed by atoms with Gasteiger partial charge in [-0.2, -0.15) is 0 Å². The Kier molecular flexibility index (Phi) is 2.41. The molecule has 0 saturated heterocycles. The van der Waals surface area contributed by atoms with Gasteiger partial charge in [-0.05, 0) is 19.1 Å². The molecule has 2 rings (SSSR count). The molecule has 0 bridgehead atoms. The summed E-state index contributed by atoms with van der Waals surface area (Å²) in [6.45, 7) is 1.90. The Morgan fingerprint density at radius 3 is 2.67 bits per heavy atom. The topological polar surface area (TPSA) is 27.1 Å². The molecule has 0 unspecified atom stereocenters. The fourth-order valence-electron chi connectivity index (χ4n) is 1.19. The Morgan fingerprint density at radius 2 is 2.07 bits per heavy atom. The van der Waals surface area contributed by atoms with Crippen molar-refractivity contribution in [2.45, 2.75) is 6.92 Å². The lowest BCUT2D eigenvalue weighted by Gasteiger charge is -2.05. The Balaban J connectivity index is 2.30. The van der Waals surface area contributed by atoms with E-state index in [0.29, 0.717) is 6.01 Å². The maximum absolute atomic E-state index is 13.3. The lowest BCUT2D eigenvalue weighted by molar-refractivity contribution is 0.396. The van der Waals surface area contributed by atoms with Crippen LogP contribution < -0.4 is 4.74 Å². The van der Waals surface area contributed by atoms with E-state index in [1.54, 1.807) is 29.0 Å². The number of hydrogen-bond acceptors (Lipinski definition) is 2. The van der Waals surface area contributed by atoms with Crippen molar-refractivity contribution in [3.05, 3.63) is 42.0 Å². The molecule has 0 aliphatic carbocycles. The van der Waals surface area contributed by atoms with Gasteiger partial charge in [0.25, 0.3) is 0 Å². The second kappa shape index (κ2) is 3.73. The smallest absolute Gasteiger partial charge is 0.301 e. The van der Waals surface area contributed by atoms with Gasteiger partial charge in [-0.1, -0.05) is 12.1 Å². The third-order valence-electron chi connectivity index (χ3n) is 2.22. The number of hydrogen-bond donors (Lipinski definition) is 0. The van der Waals surface area contributed by atoms with Crippen LogP contribution in [0.1, 0.15) is 5.69 Å². The highest BCUT2D eigenvalue weighted by molar-refractivity contribution is 5.27. The average Bonchev–Trinajstić information content (AvgIpc) is 2.53. The molecule has 1 heterocycles. The van der Waals surface area contributed by atoms with Gasteiger partial charge in [0, 0.05) is 12.7 Å². The molecule has 1 aromatic heterocycles. The molecule has 3 nitrogen and oxygen atoms in total. The van der Waals surface area contributed by atoms with Crippen LogP contribution in [0.15, 0.2) is 30.5 Å². The summed E-state index contributed by atoms with van der Waals surface area (Å²) in [7, 11) is 1.82. The van der Waals surface area contributed by atoms with Gasteiger partial charge in [0.05, 0.1) is 6.20 Å². The second-order valence-corrected chi connectivity index (χ2v) is 3.27. The zero-order chi connectivity index (χ0) is 10.8. The SMILES string of the molecule is Cc1cnc(Oc2ccccc2F)n1C. The van der Waals surface area contributed by atoms with Gasteiger partial charge in [0.1, 0.15) is 0 Å². The van der Waals surface area contributed by atoms with Crippen LogP contribution >= 0.6 is 0 Å². The molecule has 2 aromatic rings. The summed E-state index contributed by atoms with van der Waals surface area (Å²) >= 11 is 0. The Bertz CT molecular complexity index is 479. The quantitative estimate of drug-likeness (QED) is 0.755. The normalized spacial score (nSPS) is 10.3. The van der Waals surface area contributed by atoms with Crippen molar-refractivity contribution >= 4 is 0 Å². The summed E-state index contributed by atoms with van der Waals surface area (Å²) < 4.78 is 20.3. The Hall–Kier alpha value is -1.84.